The second-order valence-corrected chi connectivity index (χ2v) is 8.55. The molecule has 4 aromatic rings. The van der Waals surface area contributed by atoms with Gasteiger partial charge < -0.3 is 10.2 Å². The van der Waals surface area contributed by atoms with Gasteiger partial charge >= 0.3 is 6.18 Å². The van der Waals surface area contributed by atoms with E-state index in [1.54, 1.807) is 31.3 Å². The predicted molar refractivity (Wildman–Crippen MR) is 142 cm³/mol. The number of hydrogen-bond acceptors (Lipinski definition) is 5. The third-order valence-electron chi connectivity index (χ3n) is 5.76. The normalized spacial score (nSPS) is 21.4. The molecule has 2 aromatic carbocycles. The van der Waals surface area contributed by atoms with Crippen LogP contribution < -0.4 is 5.32 Å². The van der Waals surface area contributed by atoms with E-state index in [-0.39, 0.29) is 16.2 Å². The average molecular weight is 542 g/mol. The molecule has 1 amide bonds. The van der Waals surface area contributed by atoms with Crippen LogP contribution in [-0.4, -0.2) is 63.4 Å². The van der Waals surface area contributed by atoms with E-state index < -0.39 is 62.8 Å². The number of amides is 1. The number of fused-ring (bicyclic) bond motifs is 1. The highest BCUT2D eigenvalue weighted by atomic mass is 19.4. The number of carbonyl (C=O) groups is 1. The molecule has 10 heteroatoms. The van der Waals surface area contributed by atoms with Crippen molar-refractivity contribution < 1.29 is 30.3 Å². The van der Waals surface area contributed by atoms with Crippen molar-refractivity contribution in [3.8, 4) is 11.8 Å². The number of aromatic nitrogens is 3. The topological polar surface area (TPSA) is 65.8 Å². The fourth-order valence-electron chi connectivity index (χ4n) is 3.72. The number of halogens is 3. The second kappa shape index (κ2) is 10.9. The van der Waals surface area contributed by atoms with Crippen molar-refractivity contribution in [2.45, 2.75) is 19.6 Å². The zero-order chi connectivity index (χ0) is 35.4. The number of benzene rings is 2. The van der Waals surface area contributed by atoms with Crippen LogP contribution >= 0.6 is 0 Å². The van der Waals surface area contributed by atoms with Gasteiger partial charge in [-0.2, -0.15) is 18.3 Å². The first-order chi connectivity index (χ1) is 22.1. The van der Waals surface area contributed by atoms with E-state index in [2.05, 4.69) is 27.2 Å². The molecular weight excluding hydrogens is 505 g/mol. The number of likely N-dealkylation sites (N-methyl/N-ethyl adjacent to an activating group) is 1. The summed E-state index contributed by atoms with van der Waals surface area (Å²) in [5.74, 6) is 5.10. The van der Waals surface area contributed by atoms with Crippen LogP contribution in [0, 0.1) is 18.8 Å². The van der Waals surface area contributed by atoms with E-state index >= 15 is 0 Å². The van der Waals surface area contributed by atoms with Crippen LogP contribution in [0.1, 0.15) is 50.6 Å². The highest BCUT2D eigenvalue weighted by Gasteiger charge is 2.34. The molecule has 3 heterocycles. The van der Waals surface area contributed by atoms with Gasteiger partial charge in [-0.1, -0.05) is 18.1 Å². The first-order valence-electron chi connectivity index (χ1n) is 16.1. The number of nitrogens with zero attached hydrogens (tertiary/aromatic N) is 5. The Bertz CT molecular complexity index is 1930. The molecule has 5 rings (SSSR count). The molecule has 7 nitrogen and oxygen atoms in total. The van der Waals surface area contributed by atoms with Gasteiger partial charge in [0.05, 0.1) is 11.8 Å². The Morgan fingerprint density at radius 2 is 2.00 bits per heavy atom. The number of piperazine rings is 1. The largest absolute Gasteiger partial charge is 0.416 e. The van der Waals surface area contributed by atoms with Crippen molar-refractivity contribution in [3.05, 3.63) is 94.4 Å². The van der Waals surface area contributed by atoms with Crippen LogP contribution in [0.15, 0.2) is 60.9 Å². The molecule has 1 N–H and O–H groups in total. The summed E-state index contributed by atoms with van der Waals surface area (Å²) in [6, 6.07) is 10.1. The summed E-state index contributed by atoms with van der Waals surface area (Å²) in [6.45, 7) is -12.7. The molecule has 1 saturated heterocycles. The van der Waals surface area contributed by atoms with Gasteiger partial charge in [-0.05, 0) is 67.3 Å². The SMILES string of the molecule is [2H]C([2H])([2H])N1CC([2H])([2H])N(C([2H])([2H])c2ccc(NC(=O)c3ccc(C)c(C#Cc4cnc5cccnn45)c3)cc2C(F)(F)F)C([2H])([2H])C1. The number of anilines is 1. The van der Waals surface area contributed by atoms with Gasteiger partial charge in [0.2, 0.25) is 0 Å². The molecule has 1 aliphatic rings. The number of hydrogen-bond donors (Lipinski definition) is 1. The summed E-state index contributed by atoms with van der Waals surface area (Å²) in [7, 11) is 0. The van der Waals surface area contributed by atoms with Gasteiger partial charge in [0.15, 0.2) is 5.65 Å². The summed E-state index contributed by atoms with van der Waals surface area (Å²) in [4.78, 5) is 17.8. The third kappa shape index (κ3) is 6.11. The van der Waals surface area contributed by atoms with Crippen LogP contribution in [0.3, 0.4) is 0 Å². The molecule has 39 heavy (non-hydrogen) atoms. The zero-order valence-corrected chi connectivity index (χ0v) is 20.5. The number of nitrogens with one attached hydrogen (secondary N) is 1. The van der Waals surface area contributed by atoms with Gasteiger partial charge in [-0.3, -0.25) is 9.69 Å². The molecule has 0 unspecified atom stereocenters. The number of alkyl halides is 3. The van der Waals surface area contributed by atoms with Crippen molar-refractivity contribution >= 4 is 17.2 Å². The minimum Gasteiger partial charge on any atom is -0.322 e. The van der Waals surface area contributed by atoms with E-state index in [1.165, 1.54) is 22.8 Å². The summed E-state index contributed by atoms with van der Waals surface area (Å²) in [5, 5.41) is 6.55. The number of imidazole rings is 1. The molecule has 1 aliphatic heterocycles. The maximum absolute atomic E-state index is 14.4. The van der Waals surface area contributed by atoms with E-state index in [4.69, 9.17) is 12.3 Å². The molecule has 0 atom stereocenters. The van der Waals surface area contributed by atoms with Gasteiger partial charge in [-0.15, -0.1) is 0 Å². The number of carbonyl (C=O) groups excluding carboxylic acids is 1. The highest BCUT2D eigenvalue weighted by Crippen LogP contribution is 2.34. The quantitative estimate of drug-likeness (QED) is 0.387. The fraction of sp³-hybridized carbons (Fsp3) is 0.276. The Morgan fingerprint density at radius 3 is 2.77 bits per heavy atom. The molecule has 0 spiro atoms. The van der Waals surface area contributed by atoms with Crippen LogP contribution in [0.4, 0.5) is 18.9 Å². The van der Waals surface area contributed by atoms with E-state index in [1.807, 2.05) is 0 Å². The maximum atomic E-state index is 14.4. The van der Waals surface area contributed by atoms with Crippen LogP contribution in [0.5, 0.6) is 0 Å². The third-order valence-corrected chi connectivity index (χ3v) is 5.76. The number of aryl methyl sites for hydroxylation is 1. The summed E-state index contributed by atoms with van der Waals surface area (Å²) >= 11 is 0. The van der Waals surface area contributed by atoms with Gasteiger partial charge in [0, 0.05) is 67.9 Å². The Hall–Kier alpha value is -4.20. The van der Waals surface area contributed by atoms with Crippen LogP contribution in [-0.2, 0) is 12.7 Å². The van der Waals surface area contributed by atoms with Gasteiger partial charge in [0.1, 0.15) is 5.69 Å². The minimum absolute atomic E-state index is 0.0180. The molecular formula is C29H27F3N6O. The van der Waals surface area contributed by atoms with Gasteiger partial charge in [0.25, 0.3) is 5.91 Å². The lowest BCUT2D eigenvalue weighted by Gasteiger charge is -2.33. The Labute approximate surface area is 236 Å². The van der Waals surface area contributed by atoms with E-state index in [0.717, 1.165) is 6.07 Å². The van der Waals surface area contributed by atoms with Crippen molar-refractivity contribution in [1.29, 1.82) is 0 Å². The lowest BCUT2D eigenvalue weighted by Crippen LogP contribution is -2.44. The lowest BCUT2D eigenvalue weighted by atomic mass is 10.0. The van der Waals surface area contributed by atoms with Crippen molar-refractivity contribution in [2.24, 2.45) is 0 Å². The Morgan fingerprint density at radius 1 is 1.18 bits per heavy atom. The number of rotatable bonds is 4. The first kappa shape index (κ1) is 17.4. The average Bonchev–Trinajstić information content (AvgIpc) is 3.37. The predicted octanol–water partition coefficient (Wildman–Crippen LogP) is 4.46. The monoisotopic (exact) mass is 541 g/mol. The highest BCUT2D eigenvalue weighted by molar-refractivity contribution is 6.04. The molecule has 0 aliphatic carbocycles. The molecule has 200 valence electrons. The molecule has 0 saturated carbocycles. The Balaban J connectivity index is 1.45. The Kier molecular flexibility index (Phi) is 4.86. The van der Waals surface area contributed by atoms with Crippen molar-refractivity contribution in [3.63, 3.8) is 0 Å². The zero-order valence-electron chi connectivity index (χ0n) is 29.5. The first-order valence-corrected chi connectivity index (χ1v) is 11.6. The molecule has 1 fully saturated rings. The summed E-state index contributed by atoms with van der Waals surface area (Å²) < 4.78 is 118. The van der Waals surface area contributed by atoms with Crippen molar-refractivity contribution in [2.75, 3.05) is 38.4 Å². The smallest absolute Gasteiger partial charge is 0.322 e. The minimum atomic E-state index is -5.22. The summed E-state index contributed by atoms with van der Waals surface area (Å²) in [5.41, 5.74) is -0.790. The standard InChI is InChI=1S/C29H27F3N6O/c1-20-5-6-22(16-21(20)8-10-25-18-33-27-4-3-11-34-38(25)27)28(39)35-24-9-7-23(26(17-24)29(30,31)32)19-37-14-12-36(2)13-15-37/h3-7,9,11,16-18H,12-15,19H2,1-2H3,(H,35,39)/i2D3,14D2,15D2,19D2. The maximum Gasteiger partial charge on any atom is 0.416 e. The molecule has 2 aromatic heterocycles. The van der Waals surface area contributed by atoms with Crippen molar-refractivity contribution in [1.82, 2.24) is 24.4 Å². The fourth-order valence-corrected chi connectivity index (χ4v) is 3.72. The van der Waals surface area contributed by atoms with Gasteiger partial charge in [-0.25, -0.2) is 9.50 Å². The van der Waals surface area contributed by atoms with Crippen LogP contribution in [0.25, 0.3) is 5.65 Å². The molecule has 0 radical (unpaired) electrons. The lowest BCUT2D eigenvalue weighted by molar-refractivity contribution is -0.138. The molecule has 0 bridgehead atoms. The summed E-state index contributed by atoms with van der Waals surface area (Å²) in [6.07, 6.45) is -2.12. The second-order valence-electron chi connectivity index (χ2n) is 8.55. The van der Waals surface area contributed by atoms with E-state index in [9.17, 15) is 18.0 Å². The van der Waals surface area contributed by atoms with E-state index in [0.29, 0.717) is 39.5 Å². The van der Waals surface area contributed by atoms with Crippen LogP contribution in [0.2, 0.25) is 0 Å².